The maximum atomic E-state index is 12.3. The molecule has 1 saturated heterocycles. The SMILES string of the molecule is C[C@]1(O)C(O)[C@H](O)C(CO)O[C@@H]1Oc1ccc(-c2ccc(C(=O)NC3CC3)c(Cl)c2)cc1Cl. The molecule has 1 heterocycles. The van der Waals surface area contributed by atoms with E-state index in [-0.39, 0.29) is 22.7 Å². The lowest BCUT2D eigenvalue weighted by atomic mass is 9.88. The van der Waals surface area contributed by atoms with Gasteiger partial charge in [0, 0.05) is 6.04 Å². The molecule has 2 aromatic rings. The lowest BCUT2D eigenvalue weighted by Gasteiger charge is -2.45. The molecule has 0 spiro atoms. The number of carbonyl (C=O) groups is 1. The van der Waals surface area contributed by atoms with Gasteiger partial charge in [0.25, 0.3) is 5.91 Å². The summed E-state index contributed by atoms with van der Waals surface area (Å²) in [5, 5.41) is 43.6. The fourth-order valence-electron chi connectivity index (χ4n) is 3.62. The van der Waals surface area contributed by atoms with E-state index in [2.05, 4.69) is 5.32 Å². The largest absolute Gasteiger partial charge is 0.460 e. The van der Waals surface area contributed by atoms with Crippen molar-refractivity contribution in [1.82, 2.24) is 5.32 Å². The van der Waals surface area contributed by atoms with Crippen molar-refractivity contribution in [3.8, 4) is 16.9 Å². The van der Waals surface area contributed by atoms with E-state index < -0.39 is 36.8 Å². The quantitative estimate of drug-likeness (QED) is 0.413. The molecule has 1 saturated carbocycles. The van der Waals surface area contributed by atoms with Crippen molar-refractivity contribution in [2.45, 2.75) is 56.0 Å². The van der Waals surface area contributed by atoms with Crippen LogP contribution in [-0.4, -0.2) is 69.2 Å². The molecule has 178 valence electrons. The average Bonchev–Trinajstić information content (AvgIpc) is 3.59. The summed E-state index contributed by atoms with van der Waals surface area (Å²) in [5.74, 6) is -0.0404. The molecule has 0 bridgehead atoms. The Labute approximate surface area is 200 Å². The normalized spacial score (nSPS) is 29.5. The van der Waals surface area contributed by atoms with Crippen molar-refractivity contribution in [3.63, 3.8) is 0 Å². The Hall–Kier alpha value is -1.91. The first-order valence-electron chi connectivity index (χ1n) is 10.5. The number of halogens is 2. The van der Waals surface area contributed by atoms with Crippen LogP contribution < -0.4 is 10.1 Å². The Balaban J connectivity index is 1.52. The molecule has 33 heavy (non-hydrogen) atoms. The third-order valence-corrected chi connectivity index (χ3v) is 6.49. The van der Waals surface area contributed by atoms with Crippen LogP contribution in [0, 0.1) is 0 Å². The number of benzene rings is 2. The summed E-state index contributed by atoms with van der Waals surface area (Å²) < 4.78 is 11.1. The van der Waals surface area contributed by atoms with Crippen molar-refractivity contribution < 1.29 is 34.7 Å². The fraction of sp³-hybridized carbons (Fsp3) is 0.435. The van der Waals surface area contributed by atoms with Gasteiger partial charge in [-0.3, -0.25) is 4.79 Å². The molecular weight excluding hydrogens is 473 g/mol. The lowest BCUT2D eigenvalue weighted by Crippen LogP contribution is -2.66. The van der Waals surface area contributed by atoms with Gasteiger partial charge in [-0.25, -0.2) is 0 Å². The van der Waals surface area contributed by atoms with E-state index in [9.17, 15) is 25.2 Å². The van der Waals surface area contributed by atoms with Gasteiger partial charge in [-0.05, 0) is 55.2 Å². The van der Waals surface area contributed by atoms with Crippen molar-refractivity contribution in [2.24, 2.45) is 0 Å². The standard InChI is InChI=1S/C23H25Cl2NO7/c1-23(31)20(29)19(28)18(10-27)33-22(23)32-17-7-3-12(9-16(17)25)11-2-6-14(15(24)8-11)21(30)26-13-4-5-13/h2-3,6-9,13,18-20,22,27-29,31H,4-5,10H2,1H3,(H,26,30)/t18?,19-,20?,22+,23+/m1/s1. The molecule has 1 amide bonds. The number of rotatable bonds is 6. The van der Waals surface area contributed by atoms with E-state index in [0.717, 1.165) is 18.4 Å². The van der Waals surface area contributed by atoms with Crippen LogP contribution in [0.2, 0.25) is 10.0 Å². The molecule has 0 aromatic heterocycles. The minimum Gasteiger partial charge on any atom is -0.460 e. The zero-order valence-corrected chi connectivity index (χ0v) is 19.3. The number of hydrogen-bond acceptors (Lipinski definition) is 7. The topological polar surface area (TPSA) is 128 Å². The second-order valence-electron chi connectivity index (χ2n) is 8.56. The molecule has 4 rings (SSSR count). The van der Waals surface area contributed by atoms with Crippen molar-refractivity contribution >= 4 is 29.1 Å². The van der Waals surface area contributed by atoms with Crippen LogP contribution in [0.1, 0.15) is 30.1 Å². The van der Waals surface area contributed by atoms with Crippen LogP contribution >= 0.6 is 23.2 Å². The van der Waals surface area contributed by atoms with Gasteiger partial charge < -0.3 is 35.2 Å². The predicted molar refractivity (Wildman–Crippen MR) is 121 cm³/mol. The molecular formula is C23H25Cl2NO7. The number of hydrogen-bond donors (Lipinski definition) is 5. The summed E-state index contributed by atoms with van der Waals surface area (Å²) in [6, 6.07) is 10.2. The number of aliphatic hydroxyl groups excluding tert-OH is 3. The van der Waals surface area contributed by atoms with Crippen LogP contribution in [0.3, 0.4) is 0 Å². The molecule has 5 atom stereocenters. The van der Waals surface area contributed by atoms with Gasteiger partial charge in [0.1, 0.15) is 24.1 Å². The Kier molecular flexibility index (Phi) is 6.89. The Morgan fingerprint density at radius 3 is 2.36 bits per heavy atom. The van der Waals surface area contributed by atoms with E-state index in [4.69, 9.17) is 32.7 Å². The van der Waals surface area contributed by atoms with Crippen molar-refractivity contribution in [2.75, 3.05) is 6.61 Å². The molecule has 2 aliphatic rings. The Bertz CT molecular complexity index is 1040. The van der Waals surface area contributed by atoms with E-state index >= 15 is 0 Å². The first kappa shape index (κ1) is 24.2. The highest BCUT2D eigenvalue weighted by molar-refractivity contribution is 6.34. The number of aliphatic hydroxyl groups is 4. The highest BCUT2D eigenvalue weighted by atomic mass is 35.5. The average molecular weight is 498 g/mol. The molecule has 0 radical (unpaired) electrons. The van der Waals surface area contributed by atoms with Gasteiger partial charge in [0.2, 0.25) is 6.29 Å². The summed E-state index contributed by atoms with van der Waals surface area (Å²) in [7, 11) is 0. The number of amides is 1. The van der Waals surface area contributed by atoms with Gasteiger partial charge >= 0.3 is 0 Å². The maximum Gasteiger partial charge on any atom is 0.253 e. The Morgan fingerprint density at radius 2 is 1.79 bits per heavy atom. The third kappa shape index (κ3) is 4.97. The minimum atomic E-state index is -1.96. The van der Waals surface area contributed by atoms with Crippen LogP contribution in [0.25, 0.3) is 11.1 Å². The predicted octanol–water partition coefficient (Wildman–Crippen LogP) is 2.12. The van der Waals surface area contributed by atoms with Crippen LogP contribution in [0.4, 0.5) is 0 Å². The second kappa shape index (κ2) is 9.38. The molecule has 2 fully saturated rings. The Morgan fingerprint density at radius 1 is 1.15 bits per heavy atom. The summed E-state index contributed by atoms with van der Waals surface area (Å²) in [6.45, 7) is 0.681. The fourth-order valence-corrected chi connectivity index (χ4v) is 4.12. The number of ether oxygens (including phenoxy) is 2. The summed E-state index contributed by atoms with van der Waals surface area (Å²) in [4.78, 5) is 12.3. The van der Waals surface area contributed by atoms with Crippen molar-refractivity contribution in [3.05, 3.63) is 52.0 Å². The molecule has 5 N–H and O–H groups in total. The zero-order valence-electron chi connectivity index (χ0n) is 17.7. The maximum absolute atomic E-state index is 12.3. The first-order valence-corrected chi connectivity index (χ1v) is 11.3. The van der Waals surface area contributed by atoms with Gasteiger partial charge in [-0.1, -0.05) is 35.3 Å². The van der Waals surface area contributed by atoms with E-state index in [1.165, 1.54) is 6.92 Å². The molecule has 1 aliphatic heterocycles. The van der Waals surface area contributed by atoms with Gasteiger partial charge in [-0.2, -0.15) is 0 Å². The van der Waals surface area contributed by atoms with Gasteiger partial charge in [0.15, 0.2) is 5.60 Å². The number of carbonyl (C=O) groups excluding carboxylic acids is 1. The molecule has 10 heteroatoms. The van der Waals surface area contributed by atoms with Crippen LogP contribution in [0.15, 0.2) is 36.4 Å². The molecule has 1 aliphatic carbocycles. The second-order valence-corrected chi connectivity index (χ2v) is 9.37. The lowest BCUT2D eigenvalue weighted by molar-refractivity contribution is -0.314. The van der Waals surface area contributed by atoms with Crippen molar-refractivity contribution in [1.29, 1.82) is 0 Å². The van der Waals surface area contributed by atoms with Gasteiger partial charge in [-0.15, -0.1) is 0 Å². The smallest absolute Gasteiger partial charge is 0.253 e. The van der Waals surface area contributed by atoms with E-state index in [1.54, 1.807) is 36.4 Å². The van der Waals surface area contributed by atoms with Crippen LogP contribution in [-0.2, 0) is 4.74 Å². The van der Waals surface area contributed by atoms with Gasteiger partial charge in [0.05, 0.1) is 22.2 Å². The summed E-state index contributed by atoms with van der Waals surface area (Å²) in [5.41, 5.74) is -0.119. The number of nitrogens with one attached hydrogen (secondary N) is 1. The first-order chi connectivity index (χ1) is 15.6. The third-order valence-electron chi connectivity index (χ3n) is 5.88. The van der Waals surface area contributed by atoms with Crippen LogP contribution in [0.5, 0.6) is 5.75 Å². The summed E-state index contributed by atoms with van der Waals surface area (Å²) in [6.07, 6.45) is -3.66. The molecule has 2 aromatic carbocycles. The molecule has 8 nitrogen and oxygen atoms in total. The minimum absolute atomic E-state index is 0.164. The highest BCUT2D eigenvalue weighted by Gasteiger charge is 2.53. The zero-order chi connectivity index (χ0) is 23.9. The van der Waals surface area contributed by atoms with E-state index in [1.807, 2.05) is 0 Å². The highest BCUT2D eigenvalue weighted by Crippen LogP contribution is 2.36. The summed E-state index contributed by atoms with van der Waals surface area (Å²) >= 11 is 12.7. The molecule has 2 unspecified atom stereocenters. The monoisotopic (exact) mass is 497 g/mol. The van der Waals surface area contributed by atoms with E-state index in [0.29, 0.717) is 16.1 Å².